The predicted molar refractivity (Wildman–Crippen MR) is 126 cm³/mol. The maximum absolute atomic E-state index is 12.4. The Morgan fingerprint density at radius 1 is 0.933 bits per heavy atom. The number of fused-ring (bicyclic) bond motifs is 1. The van der Waals surface area contributed by atoms with E-state index in [2.05, 4.69) is 71.5 Å². The summed E-state index contributed by atoms with van der Waals surface area (Å²) in [7, 11) is 0. The van der Waals surface area contributed by atoms with Gasteiger partial charge in [0.1, 0.15) is 0 Å². The number of amides is 1. The number of carbonyl (C=O) groups is 1. The first-order valence-corrected chi connectivity index (χ1v) is 11.2. The minimum atomic E-state index is -0.0273. The highest BCUT2D eigenvalue weighted by atomic mass is 32.2. The molecule has 1 amide bonds. The van der Waals surface area contributed by atoms with Crippen molar-refractivity contribution in [2.45, 2.75) is 31.0 Å². The van der Waals surface area contributed by atoms with Crippen molar-refractivity contribution in [1.29, 1.82) is 0 Å². The van der Waals surface area contributed by atoms with Crippen molar-refractivity contribution in [3.05, 3.63) is 101 Å². The molecule has 3 aromatic carbocycles. The highest BCUT2D eigenvalue weighted by Crippen LogP contribution is 2.32. The molecule has 0 bridgehead atoms. The van der Waals surface area contributed by atoms with Gasteiger partial charge < -0.3 is 9.88 Å². The average Bonchev–Trinajstić information content (AvgIpc) is 3.11. The second kappa shape index (κ2) is 9.23. The minimum absolute atomic E-state index is 0.0273. The molecule has 0 unspecified atom stereocenters. The Balaban J connectivity index is 1.44. The van der Waals surface area contributed by atoms with Crippen LogP contribution in [-0.4, -0.2) is 17.0 Å². The van der Waals surface area contributed by atoms with E-state index in [1.165, 1.54) is 26.9 Å². The number of rotatable bonds is 7. The van der Waals surface area contributed by atoms with E-state index in [9.17, 15) is 4.79 Å². The Labute approximate surface area is 182 Å². The molecule has 1 aromatic heterocycles. The first-order valence-electron chi connectivity index (χ1n) is 10.2. The van der Waals surface area contributed by atoms with Gasteiger partial charge in [0.2, 0.25) is 0 Å². The second-order valence-electron chi connectivity index (χ2n) is 7.60. The summed E-state index contributed by atoms with van der Waals surface area (Å²) in [4.78, 5) is 13.7. The Kier molecular flexibility index (Phi) is 6.24. The van der Waals surface area contributed by atoms with E-state index < -0.39 is 0 Å². The Hall–Kier alpha value is -2.98. The zero-order chi connectivity index (χ0) is 20.9. The van der Waals surface area contributed by atoms with Crippen molar-refractivity contribution in [3.8, 4) is 0 Å². The molecule has 0 radical (unpaired) electrons. The number of hydrogen-bond donors (Lipinski definition) is 1. The number of hydrogen-bond acceptors (Lipinski definition) is 2. The minimum Gasteiger partial charge on any atom is -0.350 e. The van der Waals surface area contributed by atoms with Gasteiger partial charge in [-0.25, -0.2) is 0 Å². The fraction of sp³-hybridized carbons (Fsp3) is 0.192. The molecule has 0 saturated carbocycles. The first-order chi connectivity index (χ1) is 14.6. The van der Waals surface area contributed by atoms with E-state index in [1.54, 1.807) is 0 Å². The molecule has 0 saturated heterocycles. The van der Waals surface area contributed by atoms with Crippen molar-refractivity contribution in [2.24, 2.45) is 0 Å². The van der Waals surface area contributed by atoms with E-state index in [1.807, 2.05) is 43.0 Å². The molecule has 1 heterocycles. The fourth-order valence-corrected chi connectivity index (χ4v) is 4.60. The summed E-state index contributed by atoms with van der Waals surface area (Å²) in [6.07, 6.45) is 2.21. The summed E-state index contributed by atoms with van der Waals surface area (Å²) in [5.41, 5.74) is 5.68. The van der Waals surface area contributed by atoms with Crippen LogP contribution in [0.15, 0.2) is 83.9 Å². The highest BCUT2D eigenvalue weighted by molar-refractivity contribution is 7.98. The maximum atomic E-state index is 12.4. The van der Waals surface area contributed by atoms with Crippen LogP contribution in [0.4, 0.5) is 0 Å². The van der Waals surface area contributed by atoms with Crippen LogP contribution in [0.25, 0.3) is 10.9 Å². The van der Waals surface area contributed by atoms with Gasteiger partial charge in [0.25, 0.3) is 5.91 Å². The lowest BCUT2D eigenvalue weighted by Crippen LogP contribution is -2.27. The summed E-state index contributed by atoms with van der Waals surface area (Å²) in [6, 6.07) is 24.8. The second-order valence-corrected chi connectivity index (χ2v) is 8.62. The van der Waals surface area contributed by atoms with Gasteiger partial charge in [0, 0.05) is 46.4 Å². The van der Waals surface area contributed by atoms with Crippen LogP contribution in [0, 0.1) is 13.8 Å². The number of nitrogens with one attached hydrogen (secondary N) is 1. The number of thioether (sulfide) groups is 1. The molecule has 0 spiro atoms. The lowest BCUT2D eigenvalue weighted by atomic mass is 10.1. The van der Waals surface area contributed by atoms with Crippen LogP contribution >= 0.6 is 11.8 Å². The summed E-state index contributed by atoms with van der Waals surface area (Å²) >= 11 is 1.86. The van der Waals surface area contributed by atoms with E-state index in [-0.39, 0.29) is 5.91 Å². The number of aryl methyl sites for hydroxylation is 2. The molecule has 4 heteroatoms. The summed E-state index contributed by atoms with van der Waals surface area (Å²) < 4.78 is 2.24. The summed E-state index contributed by atoms with van der Waals surface area (Å²) in [6.45, 7) is 5.48. The quantitative estimate of drug-likeness (QED) is 0.377. The van der Waals surface area contributed by atoms with Crippen LogP contribution in [-0.2, 0) is 12.3 Å². The van der Waals surface area contributed by atoms with E-state index in [0.29, 0.717) is 12.1 Å². The van der Waals surface area contributed by atoms with E-state index in [4.69, 9.17) is 0 Å². The average molecular weight is 415 g/mol. The number of aromatic nitrogens is 1. The largest absolute Gasteiger partial charge is 0.350 e. The molecule has 0 fully saturated rings. The Morgan fingerprint density at radius 2 is 1.73 bits per heavy atom. The van der Waals surface area contributed by atoms with Crippen LogP contribution < -0.4 is 5.32 Å². The fourth-order valence-electron chi connectivity index (χ4n) is 3.57. The molecular weight excluding hydrogens is 388 g/mol. The molecule has 1 N–H and O–H groups in total. The van der Waals surface area contributed by atoms with Gasteiger partial charge in [-0.2, -0.15) is 0 Å². The van der Waals surface area contributed by atoms with Crippen LogP contribution in [0.5, 0.6) is 0 Å². The lowest BCUT2D eigenvalue weighted by molar-refractivity contribution is 0.0952. The van der Waals surface area contributed by atoms with Gasteiger partial charge in [-0.05, 0) is 37.6 Å². The molecule has 0 aliphatic rings. The molecule has 4 aromatic rings. The van der Waals surface area contributed by atoms with Gasteiger partial charge >= 0.3 is 0 Å². The number of nitrogens with zero attached hydrogens (tertiary/aromatic N) is 1. The van der Waals surface area contributed by atoms with Crippen LogP contribution in [0.2, 0.25) is 0 Å². The van der Waals surface area contributed by atoms with Gasteiger partial charge in [-0.1, -0.05) is 65.7 Å². The zero-order valence-corrected chi connectivity index (χ0v) is 18.2. The monoisotopic (exact) mass is 414 g/mol. The number of carbonyl (C=O) groups excluding carboxylic acids is 1. The molecule has 30 heavy (non-hydrogen) atoms. The van der Waals surface area contributed by atoms with E-state index in [0.717, 1.165) is 17.9 Å². The topological polar surface area (TPSA) is 34.0 Å². The summed E-state index contributed by atoms with van der Waals surface area (Å²) in [5, 5.41) is 4.30. The van der Waals surface area contributed by atoms with Gasteiger partial charge in [-0.3, -0.25) is 4.79 Å². The van der Waals surface area contributed by atoms with Crippen LogP contribution in [0.3, 0.4) is 0 Å². The Morgan fingerprint density at radius 3 is 2.53 bits per heavy atom. The molecule has 3 nitrogen and oxygen atoms in total. The van der Waals surface area contributed by atoms with Gasteiger partial charge in [0.15, 0.2) is 0 Å². The van der Waals surface area contributed by atoms with Gasteiger partial charge in [0.05, 0.1) is 0 Å². The summed E-state index contributed by atoms with van der Waals surface area (Å²) in [5.74, 6) is 0.917. The molecule has 4 rings (SSSR count). The maximum Gasteiger partial charge on any atom is 0.251 e. The number of para-hydroxylation sites is 1. The highest BCUT2D eigenvalue weighted by Gasteiger charge is 2.10. The standard InChI is InChI=1S/C26H26N2OS/c1-19-10-12-22(13-11-19)26(29)27-14-15-28-17-25(23-8-3-4-9-24(23)28)30-18-21-7-5-6-20(2)16-21/h3-13,16-17H,14-15,18H2,1-2H3,(H,27,29). The van der Waals surface area contributed by atoms with Crippen molar-refractivity contribution in [1.82, 2.24) is 9.88 Å². The SMILES string of the molecule is Cc1ccc(C(=O)NCCn2cc(SCc3cccc(C)c3)c3ccccc32)cc1. The van der Waals surface area contributed by atoms with Crippen molar-refractivity contribution >= 4 is 28.6 Å². The third-order valence-corrected chi connectivity index (χ3v) is 6.29. The predicted octanol–water partition coefficient (Wildman–Crippen LogP) is 5.98. The molecular formula is C26H26N2OS. The van der Waals surface area contributed by atoms with Gasteiger partial charge in [-0.15, -0.1) is 11.8 Å². The smallest absolute Gasteiger partial charge is 0.251 e. The molecule has 0 aliphatic heterocycles. The lowest BCUT2D eigenvalue weighted by Gasteiger charge is -2.08. The van der Waals surface area contributed by atoms with Crippen molar-refractivity contribution in [2.75, 3.05) is 6.54 Å². The van der Waals surface area contributed by atoms with Crippen molar-refractivity contribution < 1.29 is 4.79 Å². The molecule has 0 atom stereocenters. The third kappa shape index (κ3) is 4.77. The van der Waals surface area contributed by atoms with E-state index >= 15 is 0 Å². The van der Waals surface area contributed by atoms with Crippen molar-refractivity contribution in [3.63, 3.8) is 0 Å². The first kappa shape index (κ1) is 20.3. The molecule has 152 valence electrons. The third-order valence-electron chi connectivity index (χ3n) is 5.18. The Bertz CT molecular complexity index is 1160. The molecule has 0 aliphatic carbocycles. The van der Waals surface area contributed by atoms with Crippen LogP contribution in [0.1, 0.15) is 27.0 Å². The number of benzene rings is 3. The normalized spacial score (nSPS) is 11.0. The zero-order valence-electron chi connectivity index (χ0n) is 17.4.